The lowest BCUT2D eigenvalue weighted by molar-refractivity contribution is 1.50. The van der Waals surface area contributed by atoms with Crippen LogP contribution < -0.4 is 0 Å². The normalized spacial score (nSPS) is 9.67. The second kappa shape index (κ2) is 4.06. The Morgan fingerprint density at radius 2 is 1.17 bits per heavy atom. The number of rotatable bonds is 0. The fraction of sp³-hybridized carbons (Fsp3) is 0.400. The molecule has 2 aromatic heterocycles. The lowest BCUT2D eigenvalue weighted by Crippen LogP contribution is -1.49. The Morgan fingerprint density at radius 3 is 1.50 bits per heavy atom. The van der Waals surface area contributed by atoms with E-state index in [0.29, 0.717) is 0 Å². The van der Waals surface area contributed by atoms with Crippen LogP contribution in [0.25, 0.3) is 9.40 Å². The molecule has 0 saturated heterocycles. The van der Waals surface area contributed by atoms with Crippen molar-refractivity contribution in [2.45, 2.75) is 27.7 Å². The molecule has 0 aliphatic heterocycles. The van der Waals surface area contributed by atoms with Crippen molar-refractivity contribution in [3.05, 3.63) is 21.9 Å². The highest BCUT2D eigenvalue weighted by Crippen LogP contribution is 2.31. The summed E-state index contributed by atoms with van der Waals surface area (Å²) < 4.78 is 2.89. The van der Waals surface area contributed by atoms with Crippen molar-refractivity contribution in [2.24, 2.45) is 0 Å². The van der Waals surface area contributed by atoms with E-state index in [4.69, 9.17) is 0 Å². The van der Waals surface area contributed by atoms with Crippen LogP contribution >= 0.6 is 22.7 Å². The second-order valence-electron chi connectivity index (χ2n) is 2.44. The molecular weight excluding hydrogens is 184 g/mol. The number of fused-ring (bicyclic) bond motifs is 1. The summed E-state index contributed by atoms with van der Waals surface area (Å²) in [5, 5.41) is 0. The number of hydrogen-bond donors (Lipinski definition) is 0. The molecule has 66 valence electrons. The Hall–Kier alpha value is -0.340. The lowest BCUT2D eigenvalue weighted by atomic mass is 10.4. The van der Waals surface area contributed by atoms with Crippen molar-refractivity contribution < 1.29 is 0 Å². The summed E-state index contributed by atoms with van der Waals surface area (Å²) >= 11 is 3.77. The van der Waals surface area contributed by atoms with Gasteiger partial charge in [-0.3, -0.25) is 0 Å². The summed E-state index contributed by atoms with van der Waals surface area (Å²) in [6.07, 6.45) is 0. The van der Waals surface area contributed by atoms with Crippen LogP contribution in [0.5, 0.6) is 0 Å². The molecule has 0 fully saturated rings. The molecule has 0 atom stereocenters. The lowest BCUT2D eigenvalue weighted by Gasteiger charge is -1.74. The molecule has 0 N–H and O–H groups in total. The SMILES string of the molecule is CC.Cc1cc2sc(C)cc2s1. The first-order chi connectivity index (χ1) is 5.75. The maximum atomic E-state index is 2.26. The van der Waals surface area contributed by atoms with Crippen LogP contribution in [0.3, 0.4) is 0 Å². The molecule has 0 aromatic carbocycles. The third-order valence-corrected chi connectivity index (χ3v) is 3.58. The van der Waals surface area contributed by atoms with E-state index >= 15 is 0 Å². The summed E-state index contributed by atoms with van der Waals surface area (Å²) in [7, 11) is 0. The molecule has 0 unspecified atom stereocenters. The molecule has 0 aliphatic carbocycles. The first kappa shape index (κ1) is 9.75. The van der Waals surface area contributed by atoms with Gasteiger partial charge in [0, 0.05) is 19.2 Å². The van der Waals surface area contributed by atoms with E-state index in [1.54, 1.807) is 0 Å². The molecule has 0 aliphatic rings. The van der Waals surface area contributed by atoms with Crippen molar-refractivity contribution in [3.8, 4) is 0 Å². The average Bonchev–Trinajstić information content (AvgIpc) is 2.48. The Bertz CT molecular complexity index is 292. The van der Waals surface area contributed by atoms with Gasteiger partial charge in [0.2, 0.25) is 0 Å². The fourth-order valence-corrected chi connectivity index (χ4v) is 3.31. The van der Waals surface area contributed by atoms with E-state index in [-0.39, 0.29) is 0 Å². The molecular formula is C10H14S2. The van der Waals surface area contributed by atoms with Crippen LogP contribution in [0.15, 0.2) is 12.1 Å². The van der Waals surface area contributed by atoms with Gasteiger partial charge in [0.1, 0.15) is 0 Å². The third kappa shape index (κ3) is 1.87. The quantitative estimate of drug-likeness (QED) is 0.580. The molecule has 0 bridgehead atoms. The maximum Gasteiger partial charge on any atom is 0.0456 e. The van der Waals surface area contributed by atoms with Gasteiger partial charge in [0.25, 0.3) is 0 Å². The summed E-state index contributed by atoms with van der Waals surface area (Å²) in [5.74, 6) is 0. The molecule has 0 saturated carbocycles. The topological polar surface area (TPSA) is 0 Å². The van der Waals surface area contributed by atoms with E-state index in [0.717, 1.165) is 0 Å². The van der Waals surface area contributed by atoms with Crippen LogP contribution in [0, 0.1) is 13.8 Å². The first-order valence-corrected chi connectivity index (χ1v) is 5.85. The third-order valence-electron chi connectivity index (χ3n) is 1.45. The van der Waals surface area contributed by atoms with Gasteiger partial charge in [-0.1, -0.05) is 13.8 Å². The van der Waals surface area contributed by atoms with Crippen molar-refractivity contribution >= 4 is 32.1 Å². The number of thiophene rings is 2. The zero-order valence-corrected chi connectivity index (χ0v) is 9.60. The van der Waals surface area contributed by atoms with Crippen LogP contribution in [0.1, 0.15) is 23.6 Å². The predicted molar refractivity (Wildman–Crippen MR) is 60.5 cm³/mol. The van der Waals surface area contributed by atoms with Crippen LogP contribution in [0.2, 0.25) is 0 Å². The van der Waals surface area contributed by atoms with Gasteiger partial charge >= 0.3 is 0 Å². The zero-order chi connectivity index (χ0) is 9.14. The highest BCUT2D eigenvalue weighted by molar-refractivity contribution is 7.27. The largest absolute Gasteiger partial charge is 0.140 e. The van der Waals surface area contributed by atoms with Gasteiger partial charge in [-0.2, -0.15) is 0 Å². The van der Waals surface area contributed by atoms with Crippen molar-refractivity contribution in [1.82, 2.24) is 0 Å². The molecule has 2 aromatic rings. The summed E-state index contributed by atoms with van der Waals surface area (Å²) in [6.45, 7) is 8.32. The molecule has 0 nitrogen and oxygen atoms in total. The molecule has 2 rings (SSSR count). The van der Waals surface area contributed by atoms with Crippen LogP contribution in [-0.2, 0) is 0 Å². The highest BCUT2D eigenvalue weighted by Gasteiger charge is 2.00. The van der Waals surface area contributed by atoms with Gasteiger partial charge in [-0.25, -0.2) is 0 Å². The minimum Gasteiger partial charge on any atom is -0.140 e. The smallest absolute Gasteiger partial charge is 0.0456 e. The molecule has 2 heteroatoms. The Morgan fingerprint density at radius 1 is 0.833 bits per heavy atom. The van der Waals surface area contributed by atoms with Crippen molar-refractivity contribution in [2.75, 3.05) is 0 Å². The summed E-state index contributed by atoms with van der Waals surface area (Å²) in [5.41, 5.74) is 0. The van der Waals surface area contributed by atoms with Gasteiger partial charge < -0.3 is 0 Å². The highest BCUT2D eigenvalue weighted by atomic mass is 32.1. The summed E-state index contributed by atoms with van der Waals surface area (Å²) in [6, 6.07) is 4.52. The Labute approximate surface area is 81.9 Å². The van der Waals surface area contributed by atoms with Gasteiger partial charge in [-0.15, -0.1) is 22.7 Å². The van der Waals surface area contributed by atoms with Gasteiger partial charge in [-0.05, 0) is 26.0 Å². The van der Waals surface area contributed by atoms with Crippen molar-refractivity contribution in [3.63, 3.8) is 0 Å². The molecule has 0 amide bonds. The molecule has 0 radical (unpaired) electrons. The molecule has 2 heterocycles. The van der Waals surface area contributed by atoms with E-state index in [2.05, 4.69) is 26.0 Å². The first-order valence-electron chi connectivity index (χ1n) is 4.22. The van der Waals surface area contributed by atoms with E-state index in [9.17, 15) is 0 Å². The van der Waals surface area contributed by atoms with Crippen LogP contribution in [0.4, 0.5) is 0 Å². The van der Waals surface area contributed by atoms with Gasteiger partial charge in [0.05, 0.1) is 0 Å². The van der Waals surface area contributed by atoms with E-state index in [1.165, 1.54) is 19.2 Å². The number of aryl methyl sites for hydroxylation is 2. The monoisotopic (exact) mass is 198 g/mol. The van der Waals surface area contributed by atoms with Crippen LogP contribution in [-0.4, -0.2) is 0 Å². The fourth-order valence-electron chi connectivity index (χ4n) is 1.08. The predicted octanol–water partition coefficient (Wildman–Crippen LogP) is 4.61. The van der Waals surface area contributed by atoms with Gasteiger partial charge in [0.15, 0.2) is 0 Å². The minimum atomic E-state index is 1.42. The minimum absolute atomic E-state index is 1.42. The standard InChI is InChI=1S/C8H8S2.C2H6/c1-5-3-7-8(9-5)4-6(2)10-7;1-2/h3-4H,1-2H3;1-2H3. The second-order valence-corrected chi connectivity index (χ2v) is 5.02. The zero-order valence-electron chi connectivity index (χ0n) is 7.97. The summed E-state index contributed by atoms with van der Waals surface area (Å²) in [4.78, 5) is 2.84. The Kier molecular flexibility index (Phi) is 3.29. The van der Waals surface area contributed by atoms with Crippen molar-refractivity contribution in [1.29, 1.82) is 0 Å². The number of hydrogen-bond acceptors (Lipinski definition) is 2. The maximum absolute atomic E-state index is 2.26. The molecule has 12 heavy (non-hydrogen) atoms. The Balaban J connectivity index is 0.000000336. The molecule has 0 spiro atoms. The average molecular weight is 198 g/mol. The van der Waals surface area contributed by atoms with E-state index in [1.807, 2.05) is 36.5 Å². The van der Waals surface area contributed by atoms with E-state index < -0.39 is 0 Å².